The van der Waals surface area contributed by atoms with Gasteiger partial charge in [0.05, 0.1) is 18.2 Å². The lowest BCUT2D eigenvalue weighted by atomic mass is 9.98. The number of piperidine rings is 1. The van der Waals surface area contributed by atoms with Crippen LogP contribution in [0, 0.1) is 5.92 Å². The van der Waals surface area contributed by atoms with E-state index in [0.29, 0.717) is 25.4 Å². The van der Waals surface area contributed by atoms with Gasteiger partial charge in [-0.1, -0.05) is 6.07 Å². The molecule has 0 saturated carbocycles. The first kappa shape index (κ1) is 14.9. The highest BCUT2D eigenvalue weighted by atomic mass is 16.5. The molecule has 1 fully saturated rings. The Balaban J connectivity index is 1.88. The van der Waals surface area contributed by atoms with Crippen LogP contribution in [0.25, 0.3) is 0 Å². The summed E-state index contributed by atoms with van der Waals surface area (Å²) in [5.41, 5.74) is 0.672. The topological polar surface area (TPSA) is 62.7 Å². The van der Waals surface area contributed by atoms with Crippen molar-refractivity contribution in [3.8, 4) is 0 Å². The molecule has 1 aromatic heterocycles. The number of esters is 1. The maximum absolute atomic E-state index is 11.8. The summed E-state index contributed by atoms with van der Waals surface area (Å²) in [6.45, 7) is 4.31. The van der Waals surface area contributed by atoms with Gasteiger partial charge in [0.15, 0.2) is 0 Å². The SMILES string of the molecule is CCOC(=O)C1CCCN(CC(O)c2ccccn2)C1. The van der Waals surface area contributed by atoms with Crippen molar-refractivity contribution in [3.05, 3.63) is 30.1 Å². The fourth-order valence-electron chi connectivity index (χ4n) is 2.59. The van der Waals surface area contributed by atoms with Gasteiger partial charge >= 0.3 is 5.97 Å². The third-order valence-corrected chi connectivity index (χ3v) is 3.59. The monoisotopic (exact) mass is 278 g/mol. The summed E-state index contributed by atoms with van der Waals surface area (Å²) in [5.74, 6) is -0.191. The molecule has 0 spiro atoms. The van der Waals surface area contributed by atoms with Crippen LogP contribution in [0.4, 0.5) is 0 Å². The van der Waals surface area contributed by atoms with E-state index >= 15 is 0 Å². The molecule has 20 heavy (non-hydrogen) atoms. The quantitative estimate of drug-likeness (QED) is 0.825. The van der Waals surface area contributed by atoms with Gasteiger partial charge in [-0.3, -0.25) is 14.7 Å². The third kappa shape index (κ3) is 4.02. The Bertz CT molecular complexity index is 424. The molecule has 5 nitrogen and oxygen atoms in total. The highest BCUT2D eigenvalue weighted by Crippen LogP contribution is 2.20. The Morgan fingerprint density at radius 1 is 1.60 bits per heavy atom. The minimum absolute atomic E-state index is 0.0698. The van der Waals surface area contributed by atoms with E-state index < -0.39 is 6.10 Å². The highest BCUT2D eigenvalue weighted by Gasteiger charge is 2.28. The van der Waals surface area contributed by atoms with Gasteiger partial charge in [-0.25, -0.2) is 0 Å². The van der Waals surface area contributed by atoms with Crippen LogP contribution in [0.15, 0.2) is 24.4 Å². The number of likely N-dealkylation sites (tertiary alicyclic amines) is 1. The molecule has 0 amide bonds. The van der Waals surface area contributed by atoms with Crippen molar-refractivity contribution in [3.63, 3.8) is 0 Å². The van der Waals surface area contributed by atoms with Crippen molar-refractivity contribution in [1.29, 1.82) is 0 Å². The van der Waals surface area contributed by atoms with E-state index in [1.807, 2.05) is 25.1 Å². The number of pyridine rings is 1. The average Bonchev–Trinajstić information content (AvgIpc) is 2.48. The van der Waals surface area contributed by atoms with E-state index in [1.54, 1.807) is 6.20 Å². The van der Waals surface area contributed by atoms with Gasteiger partial charge in [-0.05, 0) is 38.4 Å². The lowest BCUT2D eigenvalue weighted by Gasteiger charge is -2.32. The molecule has 1 aromatic rings. The number of aliphatic hydroxyl groups is 1. The molecule has 0 aromatic carbocycles. The first-order valence-electron chi connectivity index (χ1n) is 7.18. The summed E-state index contributed by atoms with van der Waals surface area (Å²) >= 11 is 0. The number of carbonyl (C=O) groups excluding carboxylic acids is 1. The number of β-amino-alcohol motifs (C(OH)–C–C–N with tert-alkyl or cyclic N) is 1. The van der Waals surface area contributed by atoms with E-state index in [4.69, 9.17) is 4.74 Å². The number of aliphatic hydroxyl groups excluding tert-OH is 1. The number of aromatic nitrogens is 1. The van der Waals surface area contributed by atoms with Crippen LogP contribution in [0.5, 0.6) is 0 Å². The molecular formula is C15H22N2O3. The summed E-state index contributed by atoms with van der Waals surface area (Å²) in [7, 11) is 0. The molecule has 0 bridgehead atoms. The van der Waals surface area contributed by atoms with Gasteiger partial charge < -0.3 is 9.84 Å². The van der Waals surface area contributed by atoms with Crippen molar-refractivity contribution in [2.45, 2.75) is 25.9 Å². The van der Waals surface area contributed by atoms with E-state index in [2.05, 4.69) is 9.88 Å². The number of ether oxygens (including phenoxy) is 1. The van der Waals surface area contributed by atoms with Gasteiger partial charge in [0.2, 0.25) is 0 Å². The number of carbonyl (C=O) groups is 1. The maximum atomic E-state index is 11.8. The fourth-order valence-corrected chi connectivity index (χ4v) is 2.59. The zero-order chi connectivity index (χ0) is 14.4. The first-order chi connectivity index (χ1) is 9.70. The van der Waals surface area contributed by atoms with Crippen LogP contribution in [0.3, 0.4) is 0 Å². The van der Waals surface area contributed by atoms with Crippen LogP contribution >= 0.6 is 0 Å². The van der Waals surface area contributed by atoms with Gasteiger partial charge in [0, 0.05) is 19.3 Å². The molecule has 110 valence electrons. The Kier molecular flexibility index (Phi) is 5.49. The number of rotatable bonds is 5. The van der Waals surface area contributed by atoms with Crippen molar-refractivity contribution >= 4 is 5.97 Å². The van der Waals surface area contributed by atoms with Crippen molar-refractivity contribution in [2.24, 2.45) is 5.92 Å². The molecule has 2 unspecified atom stereocenters. The fraction of sp³-hybridized carbons (Fsp3) is 0.600. The number of nitrogens with zero attached hydrogens (tertiary/aromatic N) is 2. The Morgan fingerprint density at radius 3 is 3.15 bits per heavy atom. The summed E-state index contributed by atoms with van der Waals surface area (Å²) in [4.78, 5) is 18.1. The summed E-state index contributed by atoms with van der Waals surface area (Å²) < 4.78 is 5.08. The molecule has 0 radical (unpaired) electrons. The van der Waals surface area contributed by atoms with E-state index in [1.165, 1.54) is 0 Å². The standard InChI is InChI=1S/C15H22N2O3/c1-2-20-15(19)12-6-5-9-17(10-12)11-14(18)13-7-3-4-8-16-13/h3-4,7-8,12,14,18H,2,5-6,9-11H2,1H3. The largest absolute Gasteiger partial charge is 0.466 e. The molecular weight excluding hydrogens is 256 g/mol. The molecule has 2 atom stereocenters. The van der Waals surface area contributed by atoms with E-state index in [0.717, 1.165) is 19.4 Å². The predicted octanol–water partition coefficient (Wildman–Crippen LogP) is 1.39. The minimum Gasteiger partial charge on any atom is -0.466 e. The van der Waals surface area contributed by atoms with Crippen molar-refractivity contribution in [2.75, 3.05) is 26.2 Å². The van der Waals surface area contributed by atoms with Crippen LogP contribution in [-0.2, 0) is 9.53 Å². The Morgan fingerprint density at radius 2 is 2.45 bits per heavy atom. The Hall–Kier alpha value is -1.46. The van der Waals surface area contributed by atoms with Gasteiger partial charge in [-0.2, -0.15) is 0 Å². The van der Waals surface area contributed by atoms with E-state index in [9.17, 15) is 9.90 Å². The zero-order valence-electron chi connectivity index (χ0n) is 11.9. The lowest BCUT2D eigenvalue weighted by Crippen LogP contribution is -2.41. The first-order valence-corrected chi connectivity index (χ1v) is 7.18. The predicted molar refractivity (Wildman–Crippen MR) is 75.0 cm³/mol. The molecule has 2 rings (SSSR count). The van der Waals surface area contributed by atoms with Gasteiger partial charge in [-0.15, -0.1) is 0 Å². The average molecular weight is 278 g/mol. The van der Waals surface area contributed by atoms with Crippen molar-refractivity contribution < 1.29 is 14.6 Å². The smallest absolute Gasteiger partial charge is 0.310 e. The minimum atomic E-state index is -0.614. The van der Waals surface area contributed by atoms with Crippen LogP contribution < -0.4 is 0 Å². The van der Waals surface area contributed by atoms with Gasteiger partial charge in [0.1, 0.15) is 6.10 Å². The summed E-state index contributed by atoms with van der Waals surface area (Å²) in [6, 6.07) is 5.51. The highest BCUT2D eigenvalue weighted by molar-refractivity contribution is 5.72. The number of hydrogen-bond donors (Lipinski definition) is 1. The summed E-state index contributed by atoms with van der Waals surface area (Å²) in [6.07, 6.45) is 2.89. The second-order valence-electron chi connectivity index (χ2n) is 5.12. The van der Waals surface area contributed by atoms with Gasteiger partial charge in [0.25, 0.3) is 0 Å². The van der Waals surface area contributed by atoms with Crippen molar-refractivity contribution in [1.82, 2.24) is 9.88 Å². The molecule has 1 aliphatic heterocycles. The Labute approximate surface area is 119 Å². The second-order valence-corrected chi connectivity index (χ2v) is 5.12. The summed E-state index contributed by atoms with van der Waals surface area (Å²) in [5, 5.41) is 10.2. The van der Waals surface area contributed by atoms with Crippen LogP contribution in [0.2, 0.25) is 0 Å². The second kappa shape index (κ2) is 7.36. The molecule has 5 heteroatoms. The van der Waals surface area contributed by atoms with Crippen LogP contribution in [0.1, 0.15) is 31.6 Å². The number of hydrogen-bond acceptors (Lipinski definition) is 5. The molecule has 0 aliphatic carbocycles. The molecule has 1 saturated heterocycles. The van der Waals surface area contributed by atoms with Crippen LogP contribution in [-0.4, -0.2) is 47.2 Å². The molecule has 2 heterocycles. The lowest BCUT2D eigenvalue weighted by molar-refractivity contribution is -0.150. The third-order valence-electron chi connectivity index (χ3n) is 3.59. The molecule has 1 N–H and O–H groups in total. The van der Waals surface area contributed by atoms with E-state index in [-0.39, 0.29) is 11.9 Å². The zero-order valence-corrected chi connectivity index (χ0v) is 11.9. The molecule has 1 aliphatic rings. The normalized spacial score (nSPS) is 21.4. The maximum Gasteiger partial charge on any atom is 0.310 e.